The lowest BCUT2D eigenvalue weighted by atomic mass is 10.1. The van der Waals surface area contributed by atoms with E-state index in [2.05, 4.69) is 15.6 Å². The number of aryl methyl sites for hydroxylation is 1. The fraction of sp³-hybridized carbons (Fsp3) is 0.0455. The maximum atomic E-state index is 12.4. The standard InChI is InChI=1S/C22H15Cl2N3O2S/c1-12-6-7-13(21-25-18-11-14(23)8-9-19(18)29-21)10-17(12)26-22(30)27-20(28)15-4-2-3-5-16(15)24/h2-11H,1H3,(H2,26,27,28,30). The van der Waals surface area contributed by atoms with E-state index in [4.69, 9.17) is 39.8 Å². The van der Waals surface area contributed by atoms with Gasteiger partial charge in [0.15, 0.2) is 10.7 Å². The van der Waals surface area contributed by atoms with Gasteiger partial charge in [0.25, 0.3) is 5.91 Å². The van der Waals surface area contributed by atoms with Crippen LogP contribution >= 0.6 is 35.4 Å². The number of halogens is 2. The van der Waals surface area contributed by atoms with Gasteiger partial charge in [0, 0.05) is 16.3 Å². The number of thiocarbonyl (C=S) groups is 1. The summed E-state index contributed by atoms with van der Waals surface area (Å²) in [5.74, 6) is 0.0732. The van der Waals surface area contributed by atoms with Crippen LogP contribution in [0.15, 0.2) is 65.1 Å². The lowest BCUT2D eigenvalue weighted by molar-refractivity contribution is 0.0978. The Labute approximate surface area is 188 Å². The number of aromatic nitrogens is 1. The van der Waals surface area contributed by atoms with Crippen molar-refractivity contribution in [3.05, 3.63) is 81.8 Å². The van der Waals surface area contributed by atoms with E-state index in [1.807, 2.05) is 25.1 Å². The van der Waals surface area contributed by atoms with Crippen LogP contribution in [0.2, 0.25) is 10.0 Å². The summed E-state index contributed by atoms with van der Waals surface area (Å²) >= 11 is 17.4. The number of anilines is 1. The quantitative estimate of drug-likeness (QED) is 0.358. The average molecular weight is 456 g/mol. The molecule has 5 nitrogen and oxygen atoms in total. The second-order valence-electron chi connectivity index (χ2n) is 6.55. The molecule has 0 spiro atoms. The first-order valence-corrected chi connectivity index (χ1v) is 10.1. The second-order valence-corrected chi connectivity index (χ2v) is 7.80. The van der Waals surface area contributed by atoms with Crippen LogP contribution in [0.25, 0.3) is 22.6 Å². The summed E-state index contributed by atoms with van der Waals surface area (Å²) in [5, 5.41) is 6.79. The number of carbonyl (C=O) groups excluding carboxylic acids is 1. The molecule has 0 saturated carbocycles. The maximum absolute atomic E-state index is 12.4. The summed E-state index contributed by atoms with van der Waals surface area (Å²) in [5.41, 5.74) is 4.08. The number of rotatable bonds is 3. The molecule has 1 amide bonds. The van der Waals surface area contributed by atoms with Crippen molar-refractivity contribution in [2.24, 2.45) is 0 Å². The molecule has 0 aliphatic rings. The Morgan fingerprint density at radius 1 is 1.07 bits per heavy atom. The highest BCUT2D eigenvalue weighted by molar-refractivity contribution is 7.80. The highest BCUT2D eigenvalue weighted by Crippen LogP contribution is 2.29. The Bertz CT molecular complexity index is 1290. The second kappa shape index (κ2) is 8.44. The normalized spacial score (nSPS) is 10.8. The molecule has 0 aliphatic heterocycles. The van der Waals surface area contributed by atoms with E-state index < -0.39 is 0 Å². The summed E-state index contributed by atoms with van der Waals surface area (Å²) in [6.45, 7) is 1.93. The molecule has 1 aromatic heterocycles. The largest absolute Gasteiger partial charge is 0.436 e. The molecule has 2 N–H and O–H groups in total. The summed E-state index contributed by atoms with van der Waals surface area (Å²) in [6, 6.07) is 17.7. The molecule has 0 unspecified atom stereocenters. The molecule has 4 aromatic rings. The van der Waals surface area contributed by atoms with Gasteiger partial charge in [-0.25, -0.2) is 4.98 Å². The first-order valence-electron chi connectivity index (χ1n) is 8.95. The zero-order valence-corrected chi connectivity index (χ0v) is 18.0. The monoisotopic (exact) mass is 455 g/mol. The highest BCUT2D eigenvalue weighted by atomic mass is 35.5. The molecule has 0 radical (unpaired) electrons. The zero-order chi connectivity index (χ0) is 21.3. The van der Waals surface area contributed by atoms with Gasteiger partial charge in [0.05, 0.1) is 10.6 Å². The van der Waals surface area contributed by atoms with Crippen LogP contribution in [0.5, 0.6) is 0 Å². The fourth-order valence-electron chi connectivity index (χ4n) is 2.88. The Morgan fingerprint density at radius 3 is 2.67 bits per heavy atom. The summed E-state index contributed by atoms with van der Waals surface area (Å²) < 4.78 is 5.83. The van der Waals surface area contributed by atoms with Crippen molar-refractivity contribution in [2.75, 3.05) is 5.32 Å². The number of fused-ring (bicyclic) bond motifs is 1. The van der Waals surface area contributed by atoms with Crippen molar-refractivity contribution in [3.63, 3.8) is 0 Å². The van der Waals surface area contributed by atoms with Gasteiger partial charge in [0.2, 0.25) is 5.89 Å². The maximum Gasteiger partial charge on any atom is 0.258 e. The van der Waals surface area contributed by atoms with Crippen LogP contribution in [0.1, 0.15) is 15.9 Å². The first kappa shape index (κ1) is 20.3. The molecule has 0 bridgehead atoms. The average Bonchev–Trinajstić information content (AvgIpc) is 3.13. The van der Waals surface area contributed by atoms with Crippen LogP contribution in [-0.4, -0.2) is 16.0 Å². The minimum Gasteiger partial charge on any atom is -0.436 e. The molecule has 0 saturated heterocycles. The van der Waals surface area contributed by atoms with Crippen molar-refractivity contribution in [1.29, 1.82) is 0 Å². The van der Waals surface area contributed by atoms with E-state index in [9.17, 15) is 4.79 Å². The van der Waals surface area contributed by atoms with Crippen molar-refractivity contribution in [3.8, 4) is 11.5 Å². The predicted octanol–water partition coefficient (Wildman–Crippen LogP) is 6.24. The Kier molecular flexibility index (Phi) is 5.72. The molecule has 150 valence electrons. The van der Waals surface area contributed by atoms with Crippen LogP contribution in [-0.2, 0) is 0 Å². The van der Waals surface area contributed by atoms with Crippen LogP contribution in [0.3, 0.4) is 0 Å². The van der Waals surface area contributed by atoms with E-state index in [1.54, 1.807) is 42.5 Å². The first-order chi connectivity index (χ1) is 14.4. The van der Waals surface area contributed by atoms with E-state index in [1.165, 1.54) is 0 Å². The zero-order valence-electron chi connectivity index (χ0n) is 15.7. The lowest BCUT2D eigenvalue weighted by Crippen LogP contribution is -2.34. The molecule has 0 aliphatic carbocycles. The predicted molar refractivity (Wildman–Crippen MR) is 124 cm³/mol. The molecule has 4 rings (SSSR count). The third-order valence-corrected chi connectivity index (χ3v) is 5.20. The molecule has 3 aromatic carbocycles. The van der Waals surface area contributed by atoms with Crippen LogP contribution in [0, 0.1) is 6.92 Å². The van der Waals surface area contributed by atoms with Gasteiger partial charge in [-0.3, -0.25) is 10.1 Å². The fourth-order valence-corrected chi connectivity index (χ4v) is 3.47. The molecule has 30 heavy (non-hydrogen) atoms. The van der Waals surface area contributed by atoms with Gasteiger partial charge in [-0.15, -0.1) is 0 Å². The van der Waals surface area contributed by atoms with E-state index in [0.717, 1.165) is 16.8 Å². The van der Waals surface area contributed by atoms with Gasteiger partial charge in [0.1, 0.15) is 5.52 Å². The van der Waals surface area contributed by atoms with Crippen molar-refractivity contribution in [2.45, 2.75) is 6.92 Å². The van der Waals surface area contributed by atoms with Crippen LogP contribution < -0.4 is 10.6 Å². The molecule has 0 fully saturated rings. The van der Waals surface area contributed by atoms with Gasteiger partial charge in [-0.1, -0.05) is 41.4 Å². The molecule has 1 heterocycles. The van der Waals surface area contributed by atoms with Gasteiger partial charge in [-0.05, 0) is 67.2 Å². The Hall–Kier alpha value is -2.93. The minimum absolute atomic E-state index is 0.157. The third kappa shape index (κ3) is 4.31. The molecular formula is C22H15Cl2N3O2S. The van der Waals surface area contributed by atoms with E-state index in [0.29, 0.717) is 32.6 Å². The molecular weight excluding hydrogens is 441 g/mol. The van der Waals surface area contributed by atoms with Gasteiger partial charge >= 0.3 is 0 Å². The molecule has 0 atom stereocenters. The molecule has 8 heteroatoms. The number of nitrogens with one attached hydrogen (secondary N) is 2. The number of hydrogen-bond donors (Lipinski definition) is 2. The number of oxazole rings is 1. The summed E-state index contributed by atoms with van der Waals surface area (Å²) in [7, 11) is 0. The number of hydrogen-bond acceptors (Lipinski definition) is 4. The van der Waals surface area contributed by atoms with Gasteiger partial charge < -0.3 is 9.73 Å². The number of benzene rings is 3. The minimum atomic E-state index is -0.386. The summed E-state index contributed by atoms with van der Waals surface area (Å²) in [6.07, 6.45) is 0. The Morgan fingerprint density at radius 2 is 1.87 bits per heavy atom. The van der Waals surface area contributed by atoms with Crippen molar-refractivity contribution >= 4 is 63.2 Å². The van der Waals surface area contributed by atoms with E-state index in [-0.39, 0.29) is 11.0 Å². The van der Waals surface area contributed by atoms with Crippen LogP contribution in [0.4, 0.5) is 5.69 Å². The Balaban J connectivity index is 1.55. The highest BCUT2D eigenvalue weighted by Gasteiger charge is 2.14. The van der Waals surface area contributed by atoms with Gasteiger partial charge in [-0.2, -0.15) is 0 Å². The SMILES string of the molecule is Cc1ccc(-c2nc3cc(Cl)ccc3o2)cc1NC(=S)NC(=O)c1ccccc1Cl. The number of amides is 1. The summed E-state index contributed by atoms with van der Waals surface area (Å²) in [4.78, 5) is 16.9. The topological polar surface area (TPSA) is 67.2 Å². The number of nitrogens with zero attached hydrogens (tertiary/aromatic N) is 1. The smallest absolute Gasteiger partial charge is 0.258 e. The van der Waals surface area contributed by atoms with Crippen molar-refractivity contribution in [1.82, 2.24) is 10.3 Å². The lowest BCUT2D eigenvalue weighted by Gasteiger charge is -2.13. The third-order valence-electron chi connectivity index (χ3n) is 4.43. The van der Waals surface area contributed by atoms with Crippen molar-refractivity contribution < 1.29 is 9.21 Å². The van der Waals surface area contributed by atoms with E-state index >= 15 is 0 Å². The number of carbonyl (C=O) groups is 1.